The summed E-state index contributed by atoms with van der Waals surface area (Å²) in [5.74, 6) is -0.460. The molecule has 6 N–H and O–H groups in total. The first-order chi connectivity index (χ1) is 12.4. The van der Waals surface area contributed by atoms with Crippen molar-refractivity contribution in [1.82, 2.24) is 10.6 Å². The third-order valence-electron chi connectivity index (χ3n) is 4.29. The van der Waals surface area contributed by atoms with E-state index in [0.717, 1.165) is 12.8 Å². The standard InChI is InChI=1S/C19H25N5O2/c1-13(24-14(2)25)19(21,16-8-9-16)12-23-18(26)15(10-20)11-22-17-6-4-3-5-7-17/h3-7,10-11,16H,1,8-9,12,20-21H2,2H3,(H,23,26)(H,24,25). The molecule has 2 amide bonds. The van der Waals surface area contributed by atoms with Crippen molar-refractivity contribution in [3.8, 4) is 0 Å². The molecule has 0 heterocycles. The van der Waals surface area contributed by atoms with Gasteiger partial charge in [-0.2, -0.15) is 0 Å². The van der Waals surface area contributed by atoms with Crippen LogP contribution in [0.1, 0.15) is 19.8 Å². The quantitative estimate of drug-likeness (QED) is 0.412. The van der Waals surface area contributed by atoms with E-state index in [1.54, 1.807) is 0 Å². The maximum Gasteiger partial charge on any atom is 0.254 e. The summed E-state index contributed by atoms with van der Waals surface area (Å²) in [7, 11) is 0. The zero-order chi connectivity index (χ0) is 19.2. The van der Waals surface area contributed by atoms with E-state index in [1.807, 2.05) is 30.3 Å². The molecule has 1 aromatic carbocycles. The molecule has 0 aliphatic heterocycles. The first kappa shape index (κ1) is 19.4. The van der Waals surface area contributed by atoms with Crippen LogP contribution in [-0.4, -0.2) is 30.1 Å². The van der Waals surface area contributed by atoms with Gasteiger partial charge in [0.05, 0.1) is 16.8 Å². The van der Waals surface area contributed by atoms with Crippen LogP contribution in [0.4, 0.5) is 5.69 Å². The molecule has 1 atom stereocenters. The summed E-state index contributed by atoms with van der Waals surface area (Å²) in [4.78, 5) is 27.9. The fourth-order valence-electron chi connectivity index (χ4n) is 2.59. The Morgan fingerprint density at radius 3 is 2.54 bits per heavy atom. The van der Waals surface area contributed by atoms with Gasteiger partial charge in [-0.25, -0.2) is 0 Å². The van der Waals surface area contributed by atoms with Crippen LogP contribution in [0.3, 0.4) is 0 Å². The van der Waals surface area contributed by atoms with Crippen LogP contribution in [-0.2, 0) is 9.59 Å². The highest BCUT2D eigenvalue weighted by molar-refractivity contribution is 6.12. The van der Waals surface area contributed by atoms with E-state index < -0.39 is 11.4 Å². The molecule has 0 aromatic heterocycles. The average molecular weight is 355 g/mol. The second-order valence-corrected chi connectivity index (χ2v) is 6.37. The molecular formula is C19H25N5O2. The molecule has 1 aromatic rings. The largest absolute Gasteiger partial charge is 0.404 e. The van der Waals surface area contributed by atoms with E-state index >= 15 is 0 Å². The summed E-state index contributed by atoms with van der Waals surface area (Å²) in [6.45, 7) is 5.41. The van der Waals surface area contributed by atoms with Crippen LogP contribution in [0.5, 0.6) is 0 Å². The van der Waals surface area contributed by atoms with Crippen molar-refractivity contribution >= 4 is 23.7 Å². The summed E-state index contributed by atoms with van der Waals surface area (Å²) in [5.41, 5.74) is 12.4. The lowest BCUT2D eigenvalue weighted by Crippen LogP contribution is -2.56. The summed E-state index contributed by atoms with van der Waals surface area (Å²) in [5, 5.41) is 5.41. The Labute approximate surface area is 153 Å². The molecule has 1 aliphatic rings. The predicted molar refractivity (Wildman–Crippen MR) is 102 cm³/mol. The van der Waals surface area contributed by atoms with Gasteiger partial charge in [0.25, 0.3) is 5.91 Å². The van der Waals surface area contributed by atoms with E-state index in [1.165, 1.54) is 19.3 Å². The number of rotatable bonds is 8. The van der Waals surface area contributed by atoms with Gasteiger partial charge in [0.2, 0.25) is 5.91 Å². The number of nitrogens with two attached hydrogens (primary N) is 2. The lowest BCUT2D eigenvalue weighted by molar-refractivity contribution is -0.118. The summed E-state index contributed by atoms with van der Waals surface area (Å²) in [6, 6.07) is 9.22. The number of nitrogens with zero attached hydrogens (tertiary/aromatic N) is 1. The van der Waals surface area contributed by atoms with Crippen LogP contribution in [0.15, 0.2) is 59.4 Å². The van der Waals surface area contributed by atoms with Crippen molar-refractivity contribution in [3.05, 3.63) is 54.4 Å². The maximum absolute atomic E-state index is 12.4. The van der Waals surface area contributed by atoms with Gasteiger partial charge in [-0.05, 0) is 30.9 Å². The Hall–Kier alpha value is -2.93. The molecule has 1 unspecified atom stereocenters. The van der Waals surface area contributed by atoms with Gasteiger partial charge in [0.1, 0.15) is 0 Å². The molecular weight excluding hydrogens is 330 g/mol. The normalized spacial score (nSPS) is 16.8. The number of amides is 2. The van der Waals surface area contributed by atoms with Gasteiger partial charge in [0.15, 0.2) is 0 Å². The molecule has 1 saturated carbocycles. The first-order valence-corrected chi connectivity index (χ1v) is 8.42. The molecule has 26 heavy (non-hydrogen) atoms. The summed E-state index contributed by atoms with van der Waals surface area (Å²) in [6.07, 6.45) is 4.46. The predicted octanol–water partition coefficient (Wildman–Crippen LogP) is 1.11. The minimum Gasteiger partial charge on any atom is -0.404 e. The SMILES string of the molecule is C=C(NC(C)=O)C(N)(CNC(=O)C(C=Nc1ccccc1)=CN)C1CC1. The number of benzene rings is 1. The molecule has 0 radical (unpaired) electrons. The van der Waals surface area contributed by atoms with E-state index in [-0.39, 0.29) is 23.9 Å². The zero-order valence-corrected chi connectivity index (χ0v) is 14.9. The van der Waals surface area contributed by atoms with Crippen LogP contribution in [0.25, 0.3) is 0 Å². The van der Waals surface area contributed by atoms with Crippen LogP contribution in [0.2, 0.25) is 0 Å². The molecule has 1 fully saturated rings. The summed E-state index contributed by atoms with van der Waals surface area (Å²) >= 11 is 0. The minimum absolute atomic E-state index is 0.145. The molecule has 7 heteroatoms. The number of hydrogen-bond acceptors (Lipinski definition) is 5. The fraction of sp³-hybridized carbons (Fsp3) is 0.316. The van der Waals surface area contributed by atoms with Crippen molar-refractivity contribution in [3.63, 3.8) is 0 Å². The number of nitrogens with one attached hydrogen (secondary N) is 2. The molecule has 7 nitrogen and oxygen atoms in total. The lowest BCUT2D eigenvalue weighted by atomic mass is 9.90. The van der Waals surface area contributed by atoms with Crippen LogP contribution in [0, 0.1) is 5.92 Å². The zero-order valence-electron chi connectivity index (χ0n) is 14.9. The molecule has 1 aliphatic carbocycles. The van der Waals surface area contributed by atoms with Crippen molar-refractivity contribution < 1.29 is 9.59 Å². The van der Waals surface area contributed by atoms with E-state index in [9.17, 15) is 9.59 Å². The van der Waals surface area contributed by atoms with Gasteiger partial charge < -0.3 is 22.1 Å². The Morgan fingerprint density at radius 2 is 2.00 bits per heavy atom. The van der Waals surface area contributed by atoms with Gasteiger partial charge in [-0.3, -0.25) is 14.6 Å². The number of aliphatic imine (C=N–C) groups is 1. The topological polar surface area (TPSA) is 123 Å². The highest BCUT2D eigenvalue weighted by Gasteiger charge is 2.45. The fourth-order valence-corrected chi connectivity index (χ4v) is 2.59. The van der Waals surface area contributed by atoms with E-state index in [2.05, 4.69) is 22.2 Å². The van der Waals surface area contributed by atoms with E-state index in [4.69, 9.17) is 11.5 Å². The van der Waals surface area contributed by atoms with Gasteiger partial charge in [0, 0.05) is 31.6 Å². The number of para-hydroxylation sites is 1. The van der Waals surface area contributed by atoms with Crippen molar-refractivity contribution in [2.45, 2.75) is 25.3 Å². The summed E-state index contributed by atoms with van der Waals surface area (Å²) < 4.78 is 0. The number of carbonyl (C=O) groups is 2. The lowest BCUT2D eigenvalue weighted by Gasteiger charge is -2.32. The Bertz CT molecular complexity index is 738. The third-order valence-corrected chi connectivity index (χ3v) is 4.29. The van der Waals surface area contributed by atoms with E-state index in [0.29, 0.717) is 11.4 Å². The number of carbonyl (C=O) groups excluding carboxylic acids is 2. The third kappa shape index (κ3) is 5.03. The van der Waals surface area contributed by atoms with Gasteiger partial charge >= 0.3 is 0 Å². The maximum atomic E-state index is 12.4. The second-order valence-electron chi connectivity index (χ2n) is 6.37. The average Bonchev–Trinajstić information content (AvgIpc) is 3.46. The highest BCUT2D eigenvalue weighted by atomic mass is 16.2. The van der Waals surface area contributed by atoms with Crippen LogP contribution < -0.4 is 22.1 Å². The minimum atomic E-state index is -0.891. The van der Waals surface area contributed by atoms with Crippen molar-refractivity contribution in [1.29, 1.82) is 0 Å². The Balaban J connectivity index is 2.01. The van der Waals surface area contributed by atoms with Gasteiger partial charge in [-0.15, -0.1) is 0 Å². The Morgan fingerprint density at radius 1 is 1.35 bits per heavy atom. The van der Waals surface area contributed by atoms with Crippen LogP contribution >= 0.6 is 0 Å². The monoisotopic (exact) mass is 355 g/mol. The smallest absolute Gasteiger partial charge is 0.254 e. The molecule has 138 valence electrons. The molecule has 0 spiro atoms. The second kappa shape index (κ2) is 8.44. The number of hydrogen-bond donors (Lipinski definition) is 4. The molecule has 0 bridgehead atoms. The molecule has 2 rings (SSSR count). The van der Waals surface area contributed by atoms with Crippen molar-refractivity contribution in [2.75, 3.05) is 6.54 Å². The molecule has 0 saturated heterocycles. The van der Waals surface area contributed by atoms with Crippen molar-refractivity contribution in [2.24, 2.45) is 22.4 Å². The highest BCUT2D eigenvalue weighted by Crippen LogP contribution is 2.40. The first-order valence-electron chi connectivity index (χ1n) is 8.42. The Kier molecular flexibility index (Phi) is 6.30. The van der Waals surface area contributed by atoms with Gasteiger partial charge in [-0.1, -0.05) is 24.8 Å².